The van der Waals surface area contributed by atoms with E-state index in [1.807, 2.05) is 25.9 Å². The van der Waals surface area contributed by atoms with Gasteiger partial charge in [0.05, 0.1) is 6.04 Å². The molecule has 0 aliphatic heterocycles. The van der Waals surface area contributed by atoms with E-state index < -0.39 is 5.97 Å². The Hall–Kier alpha value is -0.940. The van der Waals surface area contributed by atoms with Crippen LogP contribution in [0.4, 0.5) is 0 Å². The zero-order chi connectivity index (χ0) is 10.0. The lowest BCUT2D eigenvalue weighted by Gasteiger charge is -2.16. The topological polar surface area (TPSA) is 53.4 Å². The number of carbonyl (C=O) groups is 1. The van der Waals surface area contributed by atoms with Gasteiger partial charge in [-0.1, -0.05) is 0 Å². The predicted molar refractivity (Wildman–Crippen MR) is 51.2 cm³/mol. The second kappa shape index (κ2) is 3.85. The molecule has 1 heterocycles. The van der Waals surface area contributed by atoms with E-state index in [4.69, 9.17) is 5.11 Å². The highest BCUT2D eigenvalue weighted by Gasteiger charge is 2.14. The molecule has 0 fully saturated rings. The molecule has 1 aromatic rings. The summed E-state index contributed by atoms with van der Waals surface area (Å²) in [6.07, 6.45) is 0. The van der Waals surface area contributed by atoms with E-state index in [2.05, 4.69) is 4.98 Å². The second-order valence-electron chi connectivity index (χ2n) is 3.02. The number of hydrogen-bond donors (Lipinski definition) is 1. The summed E-state index contributed by atoms with van der Waals surface area (Å²) in [5, 5.41) is 11.1. The van der Waals surface area contributed by atoms with Gasteiger partial charge in [0, 0.05) is 5.38 Å². The number of aromatic nitrogens is 1. The van der Waals surface area contributed by atoms with Crippen molar-refractivity contribution in [3.63, 3.8) is 0 Å². The van der Waals surface area contributed by atoms with Crippen LogP contribution >= 0.6 is 11.3 Å². The van der Waals surface area contributed by atoms with Gasteiger partial charge < -0.3 is 10.0 Å². The summed E-state index contributed by atoms with van der Waals surface area (Å²) >= 11 is 1.38. The van der Waals surface area contributed by atoms with Gasteiger partial charge in [0.1, 0.15) is 5.01 Å². The number of aromatic carboxylic acids is 1. The minimum Gasteiger partial charge on any atom is -0.476 e. The van der Waals surface area contributed by atoms with Gasteiger partial charge in [0.2, 0.25) is 0 Å². The quantitative estimate of drug-likeness (QED) is 0.802. The first-order valence-corrected chi connectivity index (χ1v) is 4.75. The van der Waals surface area contributed by atoms with Gasteiger partial charge >= 0.3 is 5.97 Å². The lowest BCUT2D eigenvalue weighted by atomic mass is 10.3. The number of rotatable bonds is 3. The van der Waals surface area contributed by atoms with Crippen LogP contribution in [0.5, 0.6) is 0 Å². The Kier molecular flexibility index (Phi) is 3.00. The van der Waals surface area contributed by atoms with Gasteiger partial charge in [-0.2, -0.15) is 0 Å². The average Bonchev–Trinajstić information content (AvgIpc) is 2.50. The summed E-state index contributed by atoms with van der Waals surface area (Å²) in [7, 11) is 3.87. The minimum absolute atomic E-state index is 0.133. The summed E-state index contributed by atoms with van der Waals surface area (Å²) < 4.78 is 0. The fourth-order valence-electron chi connectivity index (χ4n) is 0.799. The molecule has 13 heavy (non-hydrogen) atoms. The first kappa shape index (κ1) is 10.1. The third kappa shape index (κ3) is 2.26. The van der Waals surface area contributed by atoms with Crippen LogP contribution in [0, 0.1) is 0 Å². The maximum atomic E-state index is 10.5. The van der Waals surface area contributed by atoms with Crippen LogP contribution in [0.15, 0.2) is 5.38 Å². The molecule has 0 aliphatic carbocycles. The third-order valence-electron chi connectivity index (χ3n) is 1.87. The van der Waals surface area contributed by atoms with Gasteiger partial charge in [-0.05, 0) is 21.0 Å². The molecule has 1 rings (SSSR count). The number of hydrogen-bond acceptors (Lipinski definition) is 4. The molecule has 0 saturated heterocycles. The lowest BCUT2D eigenvalue weighted by Crippen LogP contribution is -2.16. The zero-order valence-electron chi connectivity index (χ0n) is 7.81. The van der Waals surface area contributed by atoms with Gasteiger partial charge in [0.15, 0.2) is 5.69 Å². The first-order valence-electron chi connectivity index (χ1n) is 3.87. The van der Waals surface area contributed by atoms with Crippen LogP contribution in [-0.2, 0) is 0 Å². The molecule has 0 aromatic carbocycles. The van der Waals surface area contributed by atoms with Crippen molar-refractivity contribution < 1.29 is 9.90 Å². The highest BCUT2D eigenvalue weighted by molar-refractivity contribution is 7.09. The van der Waals surface area contributed by atoms with Crippen LogP contribution in [0.25, 0.3) is 0 Å². The van der Waals surface area contributed by atoms with Gasteiger partial charge in [-0.15, -0.1) is 11.3 Å². The van der Waals surface area contributed by atoms with Crippen molar-refractivity contribution in [1.82, 2.24) is 9.88 Å². The number of carboxylic acid groups (broad SMARTS) is 1. The Morgan fingerprint density at radius 1 is 1.69 bits per heavy atom. The van der Waals surface area contributed by atoms with Gasteiger partial charge in [-0.3, -0.25) is 0 Å². The third-order valence-corrected chi connectivity index (χ3v) is 2.89. The van der Waals surface area contributed by atoms with Crippen molar-refractivity contribution in [2.75, 3.05) is 14.1 Å². The van der Waals surface area contributed by atoms with Crippen molar-refractivity contribution in [3.8, 4) is 0 Å². The van der Waals surface area contributed by atoms with Crippen molar-refractivity contribution >= 4 is 17.3 Å². The molecule has 1 atom stereocenters. The molecular formula is C8H12N2O2S. The molecule has 0 amide bonds. The Morgan fingerprint density at radius 3 is 2.69 bits per heavy atom. The fraction of sp³-hybridized carbons (Fsp3) is 0.500. The number of thiazole rings is 1. The molecule has 0 radical (unpaired) electrons. The number of nitrogens with zero attached hydrogens (tertiary/aromatic N) is 2. The van der Waals surface area contributed by atoms with Crippen LogP contribution in [0.2, 0.25) is 0 Å². The summed E-state index contributed by atoms with van der Waals surface area (Å²) in [4.78, 5) is 16.5. The molecule has 0 bridgehead atoms. The zero-order valence-corrected chi connectivity index (χ0v) is 8.63. The minimum atomic E-state index is -0.964. The lowest BCUT2D eigenvalue weighted by molar-refractivity contribution is 0.0691. The molecule has 0 aliphatic rings. The molecule has 1 N–H and O–H groups in total. The summed E-state index contributed by atoms with van der Waals surface area (Å²) in [6, 6.07) is 0.165. The van der Waals surface area contributed by atoms with Crippen molar-refractivity contribution in [3.05, 3.63) is 16.1 Å². The highest BCUT2D eigenvalue weighted by Crippen LogP contribution is 2.21. The SMILES string of the molecule is CC(c1nc(C(=O)O)cs1)N(C)C. The second-order valence-corrected chi connectivity index (χ2v) is 3.91. The van der Waals surface area contributed by atoms with Crippen molar-refractivity contribution in [1.29, 1.82) is 0 Å². The molecule has 72 valence electrons. The summed E-state index contributed by atoms with van der Waals surface area (Å²) in [6.45, 7) is 1.99. The van der Waals surface area contributed by atoms with Crippen LogP contribution in [-0.4, -0.2) is 35.1 Å². The maximum absolute atomic E-state index is 10.5. The molecule has 1 aromatic heterocycles. The van der Waals surface area contributed by atoms with E-state index >= 15 is 0 Å². The van der Waals surface area contributed by atoms with Gasteiger partial charge in [-0.25, -0.2) is 9.78 Å². The normalized spacial score (nSPS) is 13.2. The molecule has 5 heteroatoms. The molecule has 1 unspecified atom stereocenters. The standard InChI is InChI=1S/C8H12N2O2S/c1-5(10(2)3)7-9-6(4-13-7)8(11)12/h4-5H,1-3H3,(H,11,12). The van der Waals surface area contributed by atoms with E-state index in [1.54, 1.807) is 5.38 Å². The van der Waals surface area contributed by atoms with Crippen molar-refractivity contribution in [2.24, 2.45) is 0 Å². The maximum Gasteiger partial charge on any atom is 0.355 e. The van der Waals surface area contributed by atoms with E-state index in [0.29, 0.717) is 0 Å². The Morgan fingerprint density at radius 2 is 2.31 bits per heavy atom. The fourth-order valence-corrected chi connectivity index (χ4v) is 1.74. The summed E-state index contributed by atoms with van der Waals surface area (Å²) in [5.41, 5.74) is 0.133. The molecular weight excluding hydrogens is 188 g/mol. The van der Waals surface area contributed by atoms with E-state index in [-0.39, 0.29) is 11.7 Å². The molecule has 0 spiro atoms. The first-order chi connectivity index (χ1) is 6.02. The van der Waals surface area contributed by atoms with E-state index in [0.717, 1.165) is 5.01 Å². The Balaban J connectivity index is 2.85. The summed E-state index contributed by atoms with van der Waals surface area (Å²) in [5.74, 6) is -0.964. The number of carboxylic acids is 1. The Labute approximate surface area is 80.8 Å². The van der Waals surface area contributed by atoms with Crippen LogP contribution in [0.1, 0.15) is 28.5 Å². The Bertz CT molecular complexity index is 309. The van der Waals surface area contributed by atoms with E-state index in [1.165, 1.54) is 11.3 Å². The van der Waals surface area contributed by atoms with E-state index in [9.17, 15) is 4.79 Å². The molecule has 4 nitrogen and oxygen atoms in total. The van der Waals surface area contributed by atoms with Crippen LogP contribution in [0.3, 0.4) is 0 Å². The average molecular weight is 200 g/mol. The largest absolute Gasteiger partial charge is 0.476 e. The van der Waals surface area contributed by atoms with Gasteiger partial charge in [0.25, 0.3) is 0 Å². The van der Waals surface area contributed by atoms with Crippen molar-refractivity contribution in [2.45, 2.75) is 13.0 Å². The molecule has 0 saturated carbocycles. The smallest absolute Gasteiger partial charge is 0.355 e. The monoisotopic (exact) mass is 200 g/mol. The predicted octanol–water partition coefficient (Wildman–Crippen LogP) is 1.46. The van der Waals surface area contributed by atoms with Crippen LogP contribution < -0.4 is 0 Å². The highest BCUT2D eigenvalue weighted by atomic mass is 32.1.